The van der Waals surface area contributed by atoms with Crippen LogP contribution in [0.3, 0.4) is 0 Å². The summed E-state index contributed by atoms with van der Waals surface area (Å²) in [5.74, 6) is 1.93. The van der Waals surface area contributed by atoms with E-state index in [1.54, 1.807) is 7.11 Å². The fourth-order valence-corrected chi connectivity index (χ4v) is 3.07. The number of hydrogen-bond donors (Lipinski definition) is 1. The molecule has 1 fully saturated rings. The van der Waals surface area contributed by atoms with Gasteiger partial charge in [-0.1, -0.05) is 0 Å². The Hall–Kier alpha value is -0.710. The van der Waals surface area contributed by atoms with Crippen LogP contribution in [0.4, 0.5) is 0 Å². The Morgan fingerprint density at radius 2 is 2.17 bits per heavy atom. The lowest BCUT2D eigenvalue weighted by Gasteiger charge is -2.23. The van der Waals surface area contributed by atoms with E-state index in [-0.39, 0.29) is 0 Å². The Morgan fingerprint density at radius 1 is 1.39 bits per heavy atom. The maximum absolute atomic E-state index is 5.70. The highest BCUT2D eigenvalue weighted by molar-refractivity contribution is 7.99. The van der Waals surface area contributed by atoms with Crippen LogP contribution in [0.2, 0.25) is 0 Å². The van der Waals surface area contributed by atoms with E-state index < -0.39 is 0 Å². The van der Waals surface area contributed by atoms with Gasteiger partial charge in [-0.15, -0.1) is 11.8 Å². The van der Waals surface area contributed by atoms with Gasteiger partial charge < -0.3 is 14.8 Å². The van der Waals surface area contributed by atoms with Crippen LogP contribution >= 0.6 is 11.8 Å². The van der Waals surface area contributed by atoms with Crippen LogP contribution in [0.5, 0.6) is 5.75 Å². The van der Waals surface area contributed by atoms with Crippen LogP contribution < -0.4 is 10.1 Å². The lowest BCUT2D eigenvalue weighted by molar-refractivity contribution is 0.0441. The molecule has 0 spiro atoms. The van der Waals surface area contributed by atoms with Gasteiger partial charge in [0.1, 0.15) is 5.75 Å². The summed E-state index contributed by atoms with van der Waals surface area (Å²) in [6.45, 7) is 6.97. The first-order valence-corrected chi connectivity index (χ1v) is 7.29. The largest absolute Gasteiger partial charge is 0.496 e. The number of aryl methyl sites for hydroxylation is 2. The predicted molar refractivity (Wildman–Crippen MR) is 75.8 cm³/mol. The van der Waals surface area contributed by atoms with Crippen LogP contribution in [-0.2, 0) is 4.74 Å². The monoisotopic (exact) mass is 267 g/mol. The van der Waals surface area contributed by atoms with Crippen LogP contribution in [0.25, 0.3) is 0 Å². The van der Waals surface area contributed by atoms with E-state index >= 15 is 0 Å². The van der Waals surface area contributed by atoms with E-state index in [0.29, 0.717) is 6.10 Å². The molecule has 18 heavy (non-hydrogen) atoms. The normalized spacial score (nSPS) is 19.8. The minimum absolute atomic E-state index is 0.301. The zero-order chi connectivity index (χ0) is 13.0. The maximum atomic E-state index is 5.70. The average Bonchev–Trinajstić information content (AvgIpc) is 2.41. The standard InChI is InChI=1S/C14H21NO2S/c1-10-6-13(16-3)14(7-11(10)2)18-9-12-8-15-4-5-17-12/h6-7,12,15H,4-5,8-9H2,1-3H3. The number of benzene rings is 1. The number of hydrogen-bond acceptors (Lipinski definition) is 4. The van der Waals surface area contributed by atoms with Crippen molar-refractivity contribution in [2.24, 2.45) is 0 Å². The second-order valence-corrected chi connectivity index (χ2v) is 5.66. The minimum Gasteiger partial charge on any atom is -0.496 e. The third-order valence-electron chi connectivity index (χ3n) is 3.21. The van der Waals surface area contributed by atoms with Gasteiger partial charge in [-0.25, -0.2) is 0 Å². The Kier molecular flexibility index (Phi) is 4.92. The molecule has 1 N–H and O–H groups in total. The van der Waals surface area contributed by atoms with Crippen LogP contribution in [-0.4, -0.2) is 38.7 Å². The SMILES string of the molecule is COc1cc(C)c(C)cc1SCC1CNCCO1. The number of nitrogens with one attached hydrogen (secondary N) is 1. The van der Waals surface area contributed by atoms with E-state index in [1.165, 1.54) is 16.0 Å². The molecule has 0 bridgehead atoms. The van der Waals surface area contributed by atoms with Gasteiger partial charge in [-0.2, -0.15) is 0 Å². The third-order valence-corrected chi connectivity index (χ3v) is 4.38. The first kappa shape index (κ1) is 13.7. The first-order chi connectivity index (χ1) is 8.70. The Balaban J connectivity index is 2.01. The van der Waals surface area contributed by atoms with Gasteiger partial charge in [0, 0.05) is 23.7 Å². The summed E-state index contributed by atoms with van der Waals surface area (Å²) >= 11 is 1.81. The summed E-state index contributed by atoms with van der Waals surface area (Å²) in [5, 5.41) is 3.35. The highest BCUT2D eigenvalue weighted by Gasteiger charge is 2.15. The zero-order valence-electron chi connectivity index (χ0n) is 11.3. The van der Waals surface area contributed by atoms with E-state index in [1.807, 2.05) is 11.8 Å². The zero-order valence-corrected chi connectivity index (χ0v) is 12.1. The fourth-order valence-electron chi connectivity index (χ4n) is 1.95. The Bertz CT molecular complexity index is 403. The number of methoxy groups -OCH3 is 1. The molecule has 1 heterocycles. The summed E-state index contributed by atoms with van der Waals surface area (Å²) in [7, 11) is 1.73. The maximum Gasteiger partial charge on any atom is 0.132 e. The Labute approximate surface area is 113 Å². The smallest absolute Gasteiger partial charge is 0.132 e. The lowest BCUT2D eigenvalue weighted by atomic mass is 10.1. The fraction of sp³-hybridized carbons (Fsp3) is 0.571. The number of thioether (sulfide) groups is 1. The summed E-state index contributed by atoms with van der Waals surface area (Å²) in [5.41, 5.74) is 2.58. The summed E-state index contributed by atoms with van der Waals surface area (Å²) in [4.78, 5) is 1.20. The average molecular weight is 267 g/mol. The van der Waals surface area contributed by atoms with Gasteiger partial charge >= 0.3 is 0 Å². The van der Waals surface area contributed by atoms with Gasteiger partial charge in [0.05, 0.1) is 19.8 Å². The Morgan fingerprint density at radius 3 is 2.83 bits per heavy atom. The van der Waals surface area contributed by atoms with Crippen molar-refractivity contribution in [2.75, 3.05) is 32.6 Å². The van der Waals surface area contributed by atoms with Gasteiger partial charge in [0.2, 0.25) is 0 Å². The molecule has 100 valence electrons. The summed E-state index contributed by atoms with van der Waals surface area (Å²) in [6.07, 6.45) is 0.301. The molecule has 0 aromatic heterocycles. The highest BCUT2D eigenvalue weighted by atomic mass is 32.2. The lowest BCUT2D eigenvalue weighted by Crippen LogP contribution is -2.39. The van der Waals surface area contributed by atoms with Crippen molar-refractivity contribution < 1.29 is 9.47 Å². The number of morpholine rings is 1. The molecule has 1 aliphatic heterocycles. The van der Waals surface area contributed by atoms with Crippen LogP contribution in [0.15, 0.2) is 17.0 Å². The first-order valence-electron chi connectivity index (χ1n) is 6.31. The van der Waals surface area contributed by atoms with E-state index in [0.717, 1.165) is 31.2 Å². The number of rotatable bonds is 4. The second-order valence-electron chi connectivity index (χ2n) is 4.60. The molecular weight excluding hydrogens is 246 g/mol. The molecule has 1 aliphatic rings. The quantitative estimate of drug-likeness (QED) is 0.849. The molecule has 0 amide bonds. The molecule has 4 heteroatoms. The molecule has 1 saturated heterocycles. The molecule has 0 aliphatic carbocycles. The van der Waals surface area contributed by atoms with E-state index in [2.05, 4.69) is 31.3 Å². The van der Waals surface area contributed by atoms with Crippen molar-refractivity contribution in [3.05, 3.63) is 23.3 Å². The van der Waals surface area contributed by atoms with Crippen molar-refractivity contribution >= 4 is 11.8 Å². The van der Waals surface area contributed by atoms with Crippen molar-refractivity contribution in [3.8, 4) is 5.75 Å². The highest BCUT2D eigenvalue weighted by Crippen LogP contribution is 2.32. The third kappa shape index (κ3) is 3.40. The summed E-state index contributed by atoms with van der Waals surface area (Å²) < 4.78 is 11.1. The van der Waals surface area contributed by atoms with Gasteiger partial charge in [0.25, 0.3) is 0 Å². The molecule has 2 rings (SSSR count). The molecule has 1 unspecified atom stereocenters. The van der Waals surface area contributed by atoms with Gasteiger partial charge in [0.15, 0.2) is 0 Å². The molecular formula is C14H21NO2S. The van der Waals surface area contributed by atoms with Crippen molar-refractivity contribution in [3.63, 3.8) is 0 Å². The van der Waals surface area contributed by atoms with E-state index in [9.17, 15) is 0 Å². The van der Waals surface area contributed by atoms with Gasteiger partial charge in [-0.05, 0) is 37.1 Å². The van der Waals surface area contributed by atoms with E-state index in [4.69, 9.17) is 9.47 Å². The van der Waals surface area contributed by atoms with Crippen LogP contribution in [0.1, 0.15) is 11.1 Å². The van der Waals surface area contributed by atoms with Crippen molar-refractivity contribution in [2.45, 2.75) is 24.8 Å². The minimum atomic E-state index is 0.301. The van der Waals surface area contributed by atoms with Gasteiger partial charge in [-0.3, -0.25) is 0 Å². The molecule has 0 radical (unpaired) electrons. The van der Waals surface area contributed by atoms with Crippen LogP contribution in [0, 0.1) is 13.8 Å². The topological polar surface area (TPSA) is 30.5 Å². The van der Waals surface area contributed by atoms with Crippen molar-refractivity contribution in [1.29, 1.82) is 0 Å². The summed E-state index contributed by atoms with van der Waals surface area (Å²) in [6, 6.07) is 4.31. The molecule has 1 atom stereocenters. The van der Waals surface area contributed by atoms with Crippen molar-refractivity contribution in [1.82, 2.24) is 5.32 Å². The second kappa shape index (κ2) is 6.45. The predicted octanol–water partition coefficient (Wildman–Crippen LogP) is 2.39. The molecule has 1 aromatic carbocycles. The molecule has 0 saturated carbocycles. The molecule has 3 nitrogen and oxygen atoms in total. The molecule has 1 aromatic rings. The number of ether oxygens (including phenoxy) is 2.